The van der Waals surface area contributed by atoms with Gasteiger partial charge in [0.15, 0.2) is 11.5 Å². The lowest BCUT2D eigenvalue weighted by atomic mass is 10.1. The Balaban J connectivity index is 2.27. The van der Waals surface area contributed by atoms with Crippen LogP contribution in [-0.2, 0) is 4.74 Å². The average Bonchev–Trinajstić information content (AvgIpc) is 2.63. The Morgan fingerprint density at radius 2 is 1.76 bits per heavy atom. The molecule has 25 heavy (non-hydrogen) atoms. The van der Waals surface area contributed by atoms with Gasteiger partial charge in [-0.25, -0.2) is 9.18 Å². The molecule has 0 saturated carbocycles. The third kappa shape index (κ3) is 4.17. The van der Waals surface area contributed by atoms with Crippen LogP contribution in [0.5, 0.6) is 11.5 Å². The average molecular weight is 348 g/mol. The van der Waals surface area contributed by atoms with Gasteiger partial charge in [0.1, 0.15) is 5.82 Å². The molecule has 0 unspecified atom stereocenters. The van der Waals surface area contributed by atoms with Crippen LogP contribution in [0.3, 0.4) is 0 Å². The summed E-state index contributed by atoms with van der Waals surface area (Å²) in [6, 6.07) is 8.62. The molecule has 0 heterocycles. The predicted octanol–water partition coefficient (Wildman–Crippen LogP) is 3.27. The fourth-order valence-corrected chi connectivity index (χ4v) is 2.12. The van der Waals surface area contributed by atoms with Crippen LogP contribution < -0.4 is 20.1 Å². The lowest BCUT2D eigenvalue weighted by molar-refractivity contribution is 0.102. The summed E-state index contributed by atoms with van der Waals surface area (Å²) >= 11 is 0. The van der Waals surface area contributed by atoms with E-state index in [-0.39, 0.29) is 22.7 Å². The zero-order valence-electron chi connectivity index (χ0n) is 13.9. The maximum absolute atomic E-state index is 13.7. The SMILES string of the molecule is COC(=O)Nc1cc(NC(=O)c2cccc(OC)c2OC)ccc1F. The van der Waals surface area contributed by atoms with Crippen molar-refractivity contribution in [3.05, 3.63) is 47.8 Å². The normalized spacial score (nSPS) is 9.92. The minimum Gasteiger partial charge on any atom is -0.493 e. The monoisotopic (exact) mass is 348 g/mol. The first-order chi connectivity index (χ1) is 12.0. The van der Waals surface area contributed by atoms with Crippen LogP contribution >= 0.6 is 0 Å². The third-order valence-electron chi connectivity index (χ3n) is 3.29. The second kappa shape index (κ2) is 8.00. The fourth-order valence-electron chi connectivity index (χ4n) is 2.12. The predicted molar refractivity (Wildman–Crippen MR) is 89.9 cm³/mol. The molecule has 2 amide bonds. The number of amides is 2. The number of para-hydroxylation sites is 1. The number of carbonyl (C=O) groups excluding carboxylic acids is 2. The minimum atomic E-state index is -0.822. The van der Waals surface area contributed by atoms with Gasteiger partial charge in [-0.2, -0.15) is 0 Å². The number of carbonyl (C=O) groups is 2. The number of ether oxygens (including phenoxy) is 3. The van der Waals surface area contributed by atoms with Crippen LogP contribution in [0.25, 0.3) is 0 Å². The number of hydrogen-bond acceptors (Lipinski definition) is 5. The number of anilines is 2. The molecule has 2 aromatic rings. The fraction of sp³-hybridized carbons (Fsp3) is 0.176. The van der Waals surface area contributed by atoms with Gasteiger partial charge in [-0.1, -0.05) is 6.07 Å². The van der Waals surface area contributed by atoms with Crippen molar-refractivity contribution in [2.24, 2.45) is 0 Å². The summed E-state index contributed by atoms with van der Waals surface area (Å²) in [5, 5.41) is 4.83. The molecule has 2 aromatic carbocycles. The zero-order valence-corrected chi connectivity index (χ0v) is 13.9. The van der Waals surface area contributed by atoms with E-state index in [1.807, 2.05) is 0 Å². The van der Waals surface area contributed by atoms with E-state index in [2.05, 4.69) is 15.4 Å². The molecule has 0 aliphatic rings. The molecule has 7 nitrogen and oxygen atoms in total. The van der Waals surface area contributed by atoms with E-state index in [4.69, 9.17) is 9.47 Å². The van der Waals surface area contributed by atoms with Crippen LogP contribution in [0.4, 0.5) is 20.6 Å². The second-order valence-corrected chi connectivity index (χ2v) is 4.81. The van der Waals surface area contributed by atoms with Gasteiger partial charge in [0, 0.05) is 5.69 Å². The second-order valence-electron chi connectivity index (χ2n) is 4.81. The third-order valence-corrected chi connectivity index (χ3v) is 3.29. The number of halogens is 1. The number of hydrogen-bond donors (Lipinski definition) is 2. The van der Waals surface area contributed by atoms with Gasteiger partial charge in [0.05, 0.1) is 32.6 Å². The highest BCUT2D eigenvalue weighted by Crippen LogP contribution is 2.31. The Hall–Kier alpha value is -3.29. The van der Waals surface area contributed by atoms with Crippen LogP contribution in [0, 0.1) is 5.82 Å². The van der Waals surface area contributed by atoms with Gasteiger partial charge in [-0.05, 0) is 30.3 Å². The van der Waals surface area contributed by atoms with Gasteiger partial charge >= 0.3 is 6.09 Å². The van der Waals surface area contributed by atoms with Crippen molar-refractivity contribution in [1.82, 2.24) is 0 Å². The number of benzene rings is 2. The molecule has 0 fully saturated rings. The summed E-state index contributed by atoms with van der Waals surface area (Å²) in [4.78, 5) is 23.7. The summed E-state index contributed by atoms with van der Waals surface area (Å²) in [6.07, 6.45) is -0.822. The Morgan fingerprint density at radius 1 is 1.00 bits per heavy atom. The summed E-state index contributed by atoms with van der Waals surface area (Å²) in [5.74, 6) is -0.464. The van der Waals surface area contributed by atoms with Crippen LogP contribution in [-0.4, -0.2) is 33.3 Å². The largest absolute Gasteiger partial charge is 0.493 e. The lowest BCUT2D eigenvalue weighted by Crippen LogP contribution is -2.15. The van der Waals surface area contributed by atoms with E-state index in [9.17, 15) is 14.0 Å². The maximum Gasteiger partial charge on any atom is 0.411 e. The molecule has 0 saturated heterocycles. The van der Waals surface area contributed by atoms with Gasteiger partial charge < -0.3 is 19.5 Å². The van der Waals surface area contributed by atoms with Gasteiger partial charge in [-0.15, -0.1) is 0 Å². The highest BCUT2D eigenvalue weighted by Gasteiger charge is 2.17. The Labute approximate surface area is 143 Å². The van der Waals surface area contributed by atoms with E-state index in [1.165, 1.54) is 26.4 Å². The molecule has 2 N–H and O–H groups in total. The lowest BCUT2D eigenvalue weighted by Gasteiger charge is -2.13. The maximum atomic E-state index is 13.7. The van der Waals surface area contributed by atoms with Crippen molar-refractivity contribution in [1.29, 1.82) is 0 Å². The molecule has 0 spiro atoms. The molecule has 0 aliphatic heterocycles. The highest BCUT2D eigenvalue weighted by molar-refractivity contribution is 6.07. The number of rotatable bonds is 5. The minimum absolute atomic E-state index is 0.123. The van der Waals surface area contributed by atoms with Crippen LogP contribution in [0.2, 0.25) is 0 Å². The molecular formula is C17H17FN2O5. The smallest absolute Gasteiger partial charge is 0.411 e. The van der Waals surface area contributed by atoms with Gasteiger partial charge in [-0.3, -0.25) is 10.1 Å². The van der Waals surface area contributed by atoms with E-state index in [0.717, 1.165) is 13.2 Å². The Morgan fingerprint density at radius 3 is 2.40 bits per heavy atom. The molecule has 0 aliphatic carbocycles. The molecule has 2 rings (SSSR count). The zero-order chi connectivity index (χ0) is 18.4. The number of nitrogens with one attached hydrogen (secondary N) is 2. The molecule has 132 valence electrons. The molecule has 0 bridgehead atoms. The van der Waals surface area contributed by atoms with Crippen molar-refractivity contribution in [2.45, 2.75) is 0 Å². The van der Waals surface area contributed by atoms with Gasteiger partial charge in [0.2, 0.25) is 0 Å². The molecule has 0 radical (unpaired) electrons. The summed E-state index contributed by atoms with van der Waals surface area (Å²) in [6.45, 7) is 0. The van der Waals surface area contributed by atoms with E-state index >= 15 is 0 Å². The topological polar surface area (TPSA) is 85.9 Å². The van der Waals surface area contributed by atoms with Crippen molar-refractivity contribution in [3.63, 3.8) is 0 Å². The van der Waals surface area contributed by atoms with Crippen molar-refractivity contribution in [3.8, 4) is 11.5 Å². The van der Waals surface area contributed by atoms with Crippen molar-refractivity contribution >= 4 is 23.4 Å². The summed E-state index contributed by atoms with van der Waals surface area (Å²) < 4.78 is 28.5. The van der Waals surface area contributed by atoms with Gasteiger partial charge in [0.25, 0.3) is 5.91 Å². The van der Waals surface area contributed by atoms with E-state index in [1.54, 1.807) is 18.2 Å². The van der Waals surface area contributed by atoms with Crippen molar-refractivity contribution in [2.75, 3.05) is 32.0 Å². The molecule has 0 aromatic heterocycles. The molecule has 8 heteroatoms. The van der Waals surface area contributed by atoms with Crippen molar-refractivity contribution < 1.29 is 28.2 Å². The first-order valence-electron chi connectivity index (χ1n) is 7.17. The quantitative estimate of drug-likeness (QED) is 0.866. The standard InChI is InChI=1S/C17H17FN2O5/c1-23-14-6-4-5-11(15(14)24-2)16(21)19-10-7-8-12(18)13(9-10)20-17(22)25-3/h4-9H,1-3H3,(H,19,21)(H,20,22). The molecule has 0 atom stereocenters. The van der Waals surface area contributed by atoms with Crippen LogP contribution in [0.1, 0.15) is 10.4 Å². The van der Waals surface area contributed by atoms with E-state index < -0.39 is 17.8 Å². The Bertz CT molecular complexity index is 795. The number of methoxy groups -OCH3 is 3. The first-order valence-corrected chi connectivity index (χ1v) is 7.17. The summed E-state index contributed by atoms with van der Waals surface area (Å²) in [5.41, 5.74) is 0.401. The Kier molecular flexibility index (Phi) is 5.78. The van der Waals surface area contributed by atoms with Crippen LogP contribution in [0.15, 0.2) is 36.4 Å². The highest BCUT2D eigenvalue weighted by atomic mass is 19.1. The van der Waals surface area contributed by atoms with E-state index in [0.29, 0.717) is 5.75 Å². The first kappa shape index (κ1) is 18.1. The molecular weight excluding hydrogens is 331 g/mol. The summed E-state index contributed by atoms with van der Waals surface area (Å²) in [7, 11) is 4.04.